The molecule has 1 aliphatic rings. The van der Waals surface area contributed by atoms with Gasteiger partial charge in [0.15, 0.2) is 0 Å². The lowest BCUT2D eigenvalue weighted by atomic mass is 10.1. The first-order valence-electron chi connectivity index (χ1n) is 3.59. The predicted octanol–water partition coefficient (Wildman–Crippen LogP) is -0.319. The lowest BCUT2D eigenvalue weighted by Gasteiger charge is -2.36. The summed E-state index contributed by atoms with van der Waals surface area (Å²) in [6, 6.07) is 0.376. The van der Waals surface area contributed by atoms with E-state index < -0.39 is 0 Å². The number of likely N-dealkylation sites (tertiary alicyclic amines) is 1. The maximum atomic E-state index is 5.62. The van der Waals surface area contributed by atoms with E-state index in [-0.39, 0.29) is 0 Å². The molecule has 1 aliphatic heterocycles. The van der Waals surface area contributed by atoms with Crippen LogP contribution in [0.2, 0.25) is 0 Å². The van der Waals surface area contributed by atoms with Crippen molar-refractivity contribution in [2.75, 3.05) is 13.1 Å². The minimum Gasteiger partial charge on any atom is -0.325 e. The zero-order valence-corrected chi connectivity index (χ0v) is 6.92. The zero-order chi connectivity index (χ0) is 7.68. The Kier molecular flexibility index (Phi) is 1.85. The van der Waals surface area contributed by atoms with Crippen molar-refractivity contribution in [1.29, 1.82) is 0 Å². The lowest BCUT2D eigenvalue weighted by molar-refractivity contribution is 0.141. The van der Waals surface area contributed by atoms with Crippen LogP contribution in [-0.4, -0.2) is 32.8 Å². The Morgan fingerprint density at radius 3 is 3.09 bits per heavy atom. The van der Waals surface area contributed by atoms with Crippen molar-refractivity contribution in [2.24, 2.45) is 5.73 Å². The second kappa shape index (κ2) is 2.84. The van der Waals surface area contributed by atoms with Crippen LogP contribution in [0.15, 0.2) is 6.20 Å². The average Bonchev–Trinajstić information content (AvgIpc) is 2.36. The third-order valence-electron chi connectivity index (χ3n) is 1.78. The molecule has 2 N–H and O–H groups in total. The molecule has 0 aromatic carbocycles. The Morgan fingerprint density at radius 2 is 2.55 bits per heavy atom. The van der Waals surface area contributed by atoms with Gasteiger partial charge < -0.3 is 5.73 Å². The van der Waals surface area contributed by atoms with Crippen molar-refractivity contribution in [3.63, 3.8) is 0 Å². The van der Waals surface area contributed by atoms with Crippen LogP contribution in [0.3, 0.4) is 0 Å². The van der Waals surface area contributed by atoms with Gasteiger partial charge in [0.1, 0.15) is 0 Å². The van der Waals surface area contributed by atoms with E-state index in [4.69, 9.17) is 5.73 Å². The lowest BCUT2D eigenvalue weighted by Crippen LogP contribution is -2.54. The molecule has 2 heterocycles. The van der Waals surface area contributed by atoms with E-state index in [1.807, 2.05) is 6.20 Å². The number of nitrogens with zero attached hydrogens (tertiary/aromatic N) is 3. The Labute approximate surface area is 69.3 Å². The van der Waals surface area contributed by atoms with Crippen LogP contribution < -0.4 is 5.73 Å². The van der Waals surface area contributed by atoms with E-state index in [9.17, 15) is 0 Å². The van der Waals surface area contributed by atoms with Gasteiger partial charge in [0, 0.05) is 25.7 Å². The highest BCUT2D eigenvalue weighted by molar-refractivity contribution is 6.99. The van der Waals surface area contributed by atoms with E-state index in [0.29, 0.717) is 6.04 Å². The summed E-state index contributed by atoms with van der Waals surface area (Å²) in [5.74, 6) is 0. The fourth-order valence-corrected chi connectivity index (χ4v) is 1.65. The van der Waals surface area contributed by atoms with Crippen LogP contribution in [0.4, 0.5) is 0 Å². The minimum atomic E-state index is 0.376. The molecule has 0 spiro atoms. The van der Waals surface area contributed by atoms with Gasteiger partial charge in [-0.2, -0.15) is 8.75 Å². The van der Waals surface area contributed by atoms with Gasteiger partial charge in [-0.15, -0.1) is 0 Å². The number of hydrogen-bond acceptors (Lipinski definition) is 5. The largest absolute Gasteiger partial charge is 0.325 e. The Morgan fingerprint density at radius 1 is 1.73 bits per heavy atom. The van der Waals surface area contributed by atoms with Crippen LogP contribution in [0.25, 0.3) is 0 Å². The van der Waals surface area contributed by atoms with Crippen LogP contribution in [0.1, 0.15) is 5.69 Å². The molecule has 1 saturated heterocycles. The van der Waals surface area contributed by atoms with Crippen LogP contribution in [0.5, 0.6) is 0 Å². The third-order valence-corrected chi connectivity index (χ3v) is 2.29. The van der Waals surface area contributed by atoms with Crippen LogP contribution >= 0.6 is 11.7 Å². The summed E-state index contributed by atoms with van der Waals surface area (Å²) < 4.78 is 8.04. The van der Waals surface area contributed by atoms with E-state index >= 15 is 0 Å². The molecule has 0 unspecified atom stereocenters. The first-order chi connectivity index (χ1) is 5.34. The normalized spacial score (nSPS) is 20.1. The van der Waals surface area contributed by atoms with E-state index in [2.05, 4.69) is 13.6 Å². The molecule has 1 aromatic heterocycles. The van der Waals surface area contributed by atoms with E-state index in [0.717, 1.165) is 25.3 Å². The minimum absolute atomic E-state index is 0.376. The number of rotatable bonds is 2. The van der Waals surface area contributed by atoms with Crippen molar-refractivity contribution in [1.82, 2.24) is 13.6 Å². The number of aromatic nitrogens is 2. The highest BCUT2D eigenvalue weighted by Gasteiger charge is 2.23. The second-order valence-corrected chi connectivity index (χ2v) is 3.41. The number of nitrogens with two attached hydrogens (primary N) is 1. The zero-order valence-electron chi connectivity index (χ0n) is 6.10. The molecular weight excluding hydrogens is 160 g/mol. The van der Waals surface area contributed by atoms with Gasteiger partial charge in [-0.1, -0.05) is 0 Å². The van der Waals surface area contributed by atoms with Crippen molar-refractivity contribution in [3.05, 3.63) is 11.9 Å². The molecule has 0 bridgehead atoms. The molecule has 0 atom stereocenters. The maximum Gasteiger partial charge on any atom is 0.0883 e. The van der Waals surface area contributed by atoms with Crippen LogP contribution in [-0.2, 0) is 6.54 Å². The predicted molar refractivity (Wildman–Crippen MR) is 43.2 cm³/mol. The molecule has 0 aliphatic carbocycles. The van der Waals surface area contributed by atoms with Gasteiger partial charge in [0.2, 0.25) is 0 Å². The molecule has 0 radical (unpaired) electrons. The van der Waals surface area contributed by atoms with Crippen molar-refractivity contribution in [3.8, 4) is 0 Å². The SMILES string of the molecule is NC1CN(Cc2cnsn2)C1. The van der Waals surface area contributed by atoms with Gasteiger partial charge in [-0.05, 0) is 0 Å². The third kappa shape index (κ3) is 1.55. The summed E-state index contributed by atoms with van der Waals surface area (Å²) in [5.41, 5.74) is 6.68. The molecule has 4 nitrogen and oxygen atoms in total. The standard InChI is InChI=1S/C6H10N4S/c7-5-2-10(3-5)4-6-1-8-11-9-6/h1,5H,2-4,7H2. The summed E-state index contributed by atoms with van der Waals surface area (Å²) in [6.45, 7) is 2.90. The smallest absolute Gasteiger partial charge is 0.0883 e. The number of hydrogen-bond donors (Lipinski definition) is 1. The van der Waals surface area contributed by atoms with Gasteiger partial charge in [0.05, 0.1) is 23.6 Å². The van der Waals surface area contributed by atoms with Gasteiger partial charge in [0.25, 0.3) is 0 Å². The molecule has 1 fully saturated rings. The van der Waals surface area contributed by atoms with E-state index in [1.165, 1.54) is 11.7 Å². The van der Waals surface area contributed by atoms with Gasteiger partial charge >= 0.3 is 0 Å². The molecule has 2 rings (SSSR count). The highest BCUT2D eigenvalue weighted by Crippen LogP contribution is 2.09. The second-order valence-electron chi connectivity index (χ2n) is 2.85. The summed E-state index contributed by atoms with van der Waals surface area (Å²) in [5, 5.41) is 0. The topological polar surface area (TPSA) is 55.0 Å². The first-order valence-corrected chi connectivity index (χ1v) is 4.32. The molecular formula is C6H10N4S. The summed E-state index contributed by atoms with van der Waals surface area (Å²) >= 11 is 1.26. The Hall–Kier alpha value is -0.520. The van der Waals surface area contributed by atoms with Gasteiger partial charge in [-0.25, -0.2) is 0 Å². The van der Waals surface area contributed by atoms with Crippen molar-refractivity contribution in [2.45, 2.75) is 12.6 Å². The highest BCUT2D eigenvalue weighted by atomic mass is 32.1. The Balaban J connectivity index is 1.84. The maximum absolute atomic E-state index is 5.62. The first kappa shape index (κ1) is 7.15. The molecule has 11 heavy (non-hydrogen) atoms. The van der Waals surface area contributed by atoms with Gasteiger partial charge in [-0.3, -0.25) is 4.90 Å². The van der Waals surface area contributed by atoms with Crippen molar-refractivity contribution >= 4 is 11.7 Å². The summed E-state index contributed by atoms with van der Waals surface area (Å²) in [6.07, 6.45) is 1.81. The fourth-order valence-electron chi connectivity index (χ4n) is 1.22. The fraction of sp³-hybridized carbons (Fsp3) is 0.667. The molecule has 5 heteroatoms. The van der Waals surface area contributed by atoms with E-state index in [1.54, 1.807) is 0 Å². The van der Waals surface area contributed by atoms with Crippen molar-refractivity contribution < 1.29 is 0 Å². The molecule has 0 amide bonds. The average molecular weight is 170 g/mol. The molecule has 0 saturated carbocycles. The quantitative estimate of drug-likeness (QED) is 0.661. The molecule has 60 valence electrons. The van der Waals surface area contributed by atoms with Crippen LogP contribution in [0, 0.1) is 0 Å². The summed E-state index contributed by atoms with van der Waals surface area (Å²) in [4.78, 5) is 2.27. The molecule has 1 aromatic rings. The Bertz CT molecular complexity index is 216. The summed E-state index contributed by atoms with van der Waals surface area (Å²) in [7, 11) is 0. The monoisotopic (exact) mass is 170 g/mol.